The topological polar surface area (TPSA) is 62.3 Å². The fourth-order valence-electron chi connectivity index (χ4n) is 2.77. The van der Waals surface area contributed by atoms with Gasteiger partial charge >= 0.3 is 0 Å². The van der Waals surface area contributed by atoms with Crippen LogP contribution < -0.4 is 5.32 Å². The normalized spacial score (nSPS) is 23.4. The van der Waals surface area contributed by atoms with Gasteiger partial charge in [-0.25, -0.2) is 8.42 Å². The van der Waals surface area contributed by atoms with Gasteiger partial charge in [0.15, 0.2) is 0 Å². The molecule has 2 fully saturated rings. The minimum absolute atomic E-state index is 0.165. The molecule has 1 atom stereocenters. The molecule has 1 aromatic heterocycles. The number of pyridine rings is 1. The number of halogens is 1. The van der Waals surface area contributed by atoms with E-state index in [2.05, 4.69) is 26.2 Å². The lowest BCUT2D eigenvalue weighted by atomic mass is 10.1. The molecule has 1 N–H and O–H groups in total. The monoisotopic (exact) mass is 373 g/mol. The third-order valence-electron chi connectivity index (χ3n) is 4.05. The van der Waals surface area contributed by atoms with E-state index < -0.39 is 10.0 Å². The first-order chi connectivity index (χ1) is 10.1. The van der Waals surface area contributed by atoms with Crippen LogP contribution in [0.25, 0.3) is 0 Å². The van der Waals surface area contributed by atoms with E-state index in [0.29, 0.717) is 11.0 Å². The number of sulfonamides is 1. The van der Waals surface area contributed by atoms with Gasteiger partial charge in [-0.2, -0.15) is 4.31 Å². The SMILES string of the molecule is O=S(=O)(c1cncc(Br)c1)N(CC1CCCCN1)C1CC1. The van der Waals surface area contributed by atoms with E-state index in [-0.39, 0.29) is 17.0 Å². The van der Waals surface area contributed by atoms with E-state index in [1.807, 2.05) is 0 Å². The maximum absolute atomic E-state index is 12.9. The highest BCUT2D eigenvalue weighted by Gasteiger charge is 2.39. The van der Waals surface area contributed by atoms with Crippen molar-refractivity contribution in [1.82, 2.24) is 14.6 Å². The van der Waals surface area contributed by atoms with Crippen LogP contribution in [0.15, 0.2) is 27.8 Å². The van der Waals surface area contributed by atoms with Crippen LogP contribution in [0.1, 0.15) is 32.1 Å². The van der Waals surface area contributed by atoms with Gasteiger partial charge < -0.3 is 5.32 Å². The first-order valence-electron chi connectivity index (χ1n) is 7.43. The largest absolute Gasteiger partial charge is 0.313 e. The van der Waals surface area contributed by atoms with Crippen LogP contribution in [0, 0.1) is 0 Å². The Bertz CT molecular complexity index is 598. The van der Waals surface area contributed by atoms with Crippen LogP contribution in [0.2, 0.25) is 0 Å². The molecule has 2 aliphatic rings. The molecular formula is C14H20BrN3O2S. The summed E-state index contributed by atoms with van der Waals surface area (Å²) in [5.74, 6) is 0. The lowest BCUT2D eigenvalue weighted by Gasteiger charge is -2.30. The number of rotatable bonds is 5. The average Bonchev–Trinajstić information content (AvgIpc) is 3.30. The van der Waals surface area contributed by atoms with Gasteiger partial charge in [0.05, 0.1) is 0 Å². The fourth-order valence-corrected chi connectivity index (χ4v) is 5.01. The Morgan fingerprint density at radius 3 is 2.71 bits per heavy atom. The van der Waals surface area contributed by atoms with Crippen LogP contribution in [0.5, 0.6) is 0 Å². The van der Waals surface area contributed by atoms with Crippen LogP contribution in [-0.4, -0.2) is 42.9 Å². The minimum atomic E-state index is -3.46. The molecule has 0 radical (unpaired) electrons. The van der Waals surface area contributed by atoms with Crippen molar-refractivity contribution in [3.05, 3.63) is 22.9 Å². The molecule has 3 rings (SSSR count). The van der Waals surface area contributed by atoms with Gasteiger partial charge in [-0.15, -0.1) is 0 Å². The summed E-state index contributed by atoms with van der Waals surface area (Å²) in [4.78, 5) is 4.27. The van der Waals surface area contributed by atoms with Crippen molar-refractivity contribution in [3.63, 3.8) is 0 Å². The van der Waals surface area contributed by atoms with Crippen LogP contribution in [0.3, 0.4) is 0 Å². The molecule has 1 unspecified atom stereocenters. The number of hydrogen-bond acceptors (Lipinski definition) is 4. The quantitative estimate of drug-likeness (QED) is 0.858. The predicted molar refractivity (Wildman–Crippen MR) is 84.5 cm³/mol. The van der Waals surface area contributed by atoms with E-state index in [9.17, 15) is 8.42 Å². The fraction of sp³-hybridized carbons (Fsp3) is 0.643. The van der Waals surface area contributed by atoms with Gasteiger partial charge in [0, 0.05) is 35.5 Å². The smallest absolute Gasteiger partial charge is 0.244 e. The summed E-state index contributed by atoms with van der Waals surface area (Å²) in [6.45, 7) is 1.56. The first kappa shape index (κ1) is 15.4. The number of hydrogen-bond donors (Lipinski definition) is 1. The second-order valence-electron chi connectivity index (χ2n) is 5.79. The first-order valence-corrected chi connectivity index (χ1v) is 9.66. The maximum atomic E-state index is 12.9. The Balaban J connectivity index is 1.82. The van der Waals surface area contributed by atoms with Crippen molar-refractivity contribution in [1.29, 1.82) is 0 Å². The summed E-state index contributed by atoms with van der Waals surface area (Å²) in [7, 11) is -3.46. The zero-order valence-electron chi connectivity index (χ0n) is 11.8. The summed E-state index contributed by atoms with van der Waals surface area (Å²) >= 11 is 3.30. The second kappa shape index (κ2) is 6.32. The van der Waals surface area contributed by atoms with Crippen molar-refractivity contribution in [2.24, 2.45) is 0 Å². The Labute approximate surface area is 134 Å². The van der Waals surface area contributed by atoms with Gasteiger partial charge in [0.1, 0.15) is 4.90 Å². The maximum Gasteiger partial charge on any atom is 0.244 e. The summed E-state index contributed by atoms with van der Waals surface area (Å²) in [6.07, 6.45) is 8.38. The number of aromatic nitrogens is 1. The Morgan fingerprint density at radius 2 is 2.10 bits per heavy atom. The summed E-state index contributed by atoms with van der Waals surface area (Å²) in [5, 5.41) is 3.44. The van der Waals surface area contributed by atoms with E-state index in [1.54, 1.807) is 16.6 Å². The third kappa shape index (κ3) is 3.64. The highest BCUT2D eigenvalue weighted by Crippen LogP contribution is 2.33. The molecule has 1 aliphatic carbocycles. The molecular weight excluding hydrogens is 354 g/mol. The number of piperidine rings is 1. The van der Waals surface area contributed by atoms with Gasteiger partial charge in [-0.1, -0.05) is 6.42 Å². The van der Waals surface area contributed by atoms with Gasteiger partial charge in [0.25, 0.3) is 0 Å². The van der Waals surface area contributed by atoms with E-state index >= 15 is 0 Å². The zero-order valence-corrected chi connectivity index (χ0v) is 14.2. The highest BCUT2D eigenvalue weighted by molar-refractivity contribution is 9.10. The molecule has 7 heteroatoms. The zero-order chi connectivity index (χ0) is 14.9. The molecule has 5 nitrogen and oxygen atoms in total. The van der Waals surface area contributed by atoms with E-state index in [1.165, 1.54) is 19.0 Å². The lowest BCUT2D eigenvalue weighted by molar-refractivity contribution is 0.307. The molecule has 116 valence electrons. The Kier molecular flexibility index (Phi) is 4.63. The van der Waals surface area contributed by atoms with Gasteiger partial charge in [-0.3, -0.25) is 4.98 Å². The Morgan fingerprint density at radius 1 is 1.29 bits per heavy atom. The highest BCUT2D eigenvalue weighted by atomic mass is 79.9. The molecule has 1 aromatic rings. The average molecular weight is 374 g/mol. The molecule has 0 aromatic carbocycles. The summed E-state index contributed by atoms with van der Waals surface area (Å²) in [5.41, 5.74) is 0. The van der Waals surface area contributed by atoms with Crippen molar-refractivity contribution < 1.29 is 8.42 Å². The van der Waals surface area contributed by atoms with Crippen LogP contribution in [-0.2, 0) is 10.0 Å². The third-order valence-corrected chi connectivity index (χ3v) is 6.37. The molecule has 0 spiro atoms. The summed E-state index contributed by atoms with van der Waals surface area (Å²) in [6, 6.07) is 2.07. The summed E-state index contributed by atoms with van der Waals surface area (Å²) < 4.78 is 28.1. The molecule has 0 bridgehead atoms. The molecule has 21 heavy (non-hydrogen) atoms. The molecule has 2 heterocycles. The van der Waals surface area contributed by atoms with Crippen LogP contribution >= 0.6 is 15.9 Å². The van der Waals surface area contributed by atoms with E-state index in [0.717, 1.165) is 25.8 Å². The van der Waals surface area contributed by atoms with E-state index in [4.69, 9.17) is 0 Å². The van der Waals surface area contributed by atoms with Gasteiger partial charge in [0.2, 0.25) is 10.0 Å². The molecule has 1 saturated heterocycles. The lowest BCUT2D eigenvalue weighted by Crippen LogP contribution is -2.46. The minimum Gasteiger partial charge on any atom is -0.313 e. The Hall–Kier alpha value is -0.500. The molecule has 1 saturated carbocycles. The molecule has 1 aliphatic heterocycles. The van der Waals surface area contributed by atoms with Crippen molar-refractivity contribution in [2.45, 2.75) is 49.1 Å². The second-order valence-corrected chi connectivity index (χ2v) is 8.60. The molecule has 0 amide bonds. The number of nitrogens with one attached hydrogen (secondary N) is 1. The number of nitrogens with zero attached hydrogens (tertiary/aromatic N) is 2. The predicted octanol–water partition coefficient (Wildman–Crippen LogP) is 2.14. The van der Waals surface area contributed by atoms with Crippen molar-refractivity contribution in [3.8, 4) is 0 Å². The van der Waals surface area contributed by atoms with Crippen molar-refractivity contribution in [2.75, 3.05) is 13.1 Å². The standard InChI is InChI=1S/C14H20BrN3O2S/c15-11-7-14(9-16-8-11)21(19,20)18(13-4-5-13)10-12-3-1-2-6-17-12/h7-9,12-13,17H,1-6,10H2. The van der Waals surface area contributed by atoms with Crippen molar-refractivity contribution >= 4 is 26.0 Å². The van der Waals surface area contributed by atoms with Gasteiger partial charge in [-0.05, 0) is 54.2 Å². The van der Waals surface area contributed by atoms with Crippen LogP contribution in [0.4, 0.5) is 0 Å².